The van der Waals surface area contributed by atoms with E-state index in [9.17, 15) is 29.7 Å². The van der Waals surface area contributed by atoms with Crippen LogP contribution in [0.5, 0.6) is 0 Å². The Balaban J connectivity index is 2.79. The minimum absolute atomic E-state index is 0.0877. The molecule has 0 aromatic carbocycles. The number of ether oxygens (including phenoxy) is 4. The van der Waals surface area contributed by atoms with Crippen LogP contribution < -0.4 is 0 Å². The van der Waals surface area contributed by atoms with E-state index in [1.807, 2.05) is 6.92 Å². The predicted molar refractivity (Wildman–Crippen MR) is 99.1 cm³/mol. The third-order valence-electron chi connectivity index (χ3n) is 4.35. The lowest BCUT2D eigenvalue weighted by atomic mass is 9.95. The van der Waals surface area contributed by atoms with Crippen molar-refractivity contribution in [2.24, 2.45) is 0 Å². The van der Waals surface area contributed by atoms with Gasteiger partial charge in [-0.15, -0.1) is 0 Å². The van der Waals surface area contributed by atoms with E-state index in [0.717, 1.165) is 12.8 Å². The highest BCUT2D eigenvalue weighted by Crippen LogP contribution is 2.25. The van der Waals surface area contributed by atoms with Crippen LogP contribution in [0.3, 0.4) is 0 Å². The molecule has 1 heterocycles. The van der Waals surface area contributed by atoms with E-state index < -0.39 is 55.4 Å². The van der Waals surface area contributed by atoms with E-state index >= 15 is 0 Å². The van der Waals surface area contributed by atoms with Gasteiger partial charge in [0.15, 0.2) is 6.29 Å². The molecule has 12 nitrogen and oxygen atoms in total. The monoisotopic (exact) mass is 437 g/mol. The molecule has 12 heteroatoms. The van der Waals surface area contributed by atoms with Gasteiger partial charge in [0.2, 0.25) is 5.91 Å². The molecule has 0 bridgehead atoms. The molecule has 1 aliphatic rings. The van der Waals surface area contributed by atoms with E-state index in [1.54, 1.807) is 6.92 Å². The molecule has 1 aliphatic heterocycles. The van der Waals surface area contributed by atoms with Gasteiger partial charge < -0.3 is 39.4 Å². The molecule has 0 spiro atoms. The molecule has 0 saturated carbocycles. The maximum atomic E-state index is 12.4. The second-order valence-corrected chi connectivity index (χ2v) is 6.67. The number of carbonyl (C=O) groups excluding carboxylic acids is 3. The summed E-state index contributed by atoms with van der Waals surface area (Å²) in [7, 11) is 0. The highest BCUT2D eigenvalue weighted by atomic mass is 16.8. The summed E-state index contributed by atoms with van der Waals surface area (Å²) in [6.07, 6.45) is -7.82. The lowest BCUT2D eigenvalue weighted by molar-refractivity contribution is -0.267. The molecule has 5 atom stereocenters. The fourth-order valence-corrected chi connectivity index (χ4v) is 2.77. The first kappa shape index (κ1) is 26.2. The first-order valence-corrected chi connectivity index (χ1v) is 9.87. The zero-order valence-corrected chi connectivity index (χ0v) is 17.1. The average molecular weight is 437 g/mol. The number of imide groups is 1. The molecule has 2 amide bonds. The third-order valence-corrected chi connectivity index (χ3v) is 4.35. The van der Waals surface area contributed by atoms with E-state index in [2.05, 4.69) is 4.74 Å². The van der Waals surface area contributed by atoms with Crippen molar-refractivity contribution < 1.29 is 53.8 Å². The highest BCUT2D eigenvalue weighted by molar-refractivity contribution is 5.95. The first-order valence-electron chi connectivity index (χ1n) is 9.87. The molecular weight excluding hydrogens is 406 g/mol. The Hall–Kier alpha value is -1.83. The zero-order valence-electron chi connectivity index (χ0n) is 17.1. The number of amides is 2. The van der Waals surface area contributed by atoms with Gasteiger partial charge in [0, 0.05) is 13.0 Å². The van der Waals surface area contributed by atoms with Gasteiger partial charge in [0.1, 0.15) is 31.0 Å². The van der Waals surface area contributed by atoms with Crippen molar-refractivity contribution in [2.45, 2.75) is 70.2 Å². The van der Waals surface area contributed by atoms with Gasteiger partial charge in [-0.1, -0.05) is 20.3 Å². The standard InChI is InChI=1S/C18H31NO11/c1-3-5-7-27-8-9-28-18(26)30-17(25)19(12(21)6-4-2)13-15(23)14(22)11(10-20)29-16(13)24/h11,13-16,20,22-24H,3-10H2,1-2H3/t11-,13-,14-,15-,16?/m1/s1. The average Bonchev–Trinajstić information content (AvgIpc) is 2.70. The van der Waals surface area contributed by atoms with Crippen molar-refractivity contribution in [3.63, 3.8) is 0 Å². The van der Waals surface area contributed by atoms with Crippen LogP contribution >= 0.6 is 0 Å². The third kappa shape index (κ3) is 7.45. The van der Waals surface area contributed by atoms with Gasteiger partial charge in [0.05, 0.1) is 13.2 Å². The summed E-state index contributed by atoms with van der Waals surface area (Å²) in [6, 6.07) is -1.76. The Morgan fingerprint density at radius 1 is 1.00 bits per heavy atom. The molecule has 0 aromatic rings. The van der Waals surface area contributed by atoms with Crippen LogP contribution in [0, 0.1) is 0 Å². The van der Waals surface area contributed by atoms with Crippen LogP contribution in [-0.2, 0) is 23.7 Å². The van der Waals surface area contributed by atoms with Crippen LogP contribution in [0.1, 0.15) is 39.5 Å². The Bertz CT molecular complexity index is 558. The summed E-state index contributed by atoms with van der Waals surface area (Å²) in [6.45, 7) is 3.30. The van der Waals surface area contributed by atoms with Gasteiger partial charge in [-0.25, -0.2) is 14.5 Å². The van der Waals surface area contributed by atoms with Crippen LogP contribution in [0.15, 0.2) is 0 Å². The van der Waals surface area contributed by atoms with Gasteiger partial charge in [-0.2, -0.15) is 0 Å². The Kier molecular flexibility index (Phi) is 11.8. The molecule has 1 unspecified atom stereocenters. The molecule has 0 radical (unpaired) electrons. The molecule has 1 saturated heterocycles. The van der Waals surface area contributed by atoms with Crippen LogP contribution in [0.2, 0.25) is 0 Å². The summed E-state index contributed by atoms with van der Waals surface area (Å²) in [5, 5.41) is 39.6. The fourth-order valence-electron chi connectivity index (χ4n) is 2.77. The Morgan fingerprint density at radius 3 is 2.30 bits per heavy atom. The SMILES string of the molecule is CCCCOCCOC(=O)OC(=O)N(C(=O)CCC)[C@H]1C(O)O[C@H](CO)[C@@H](O)[C@@H]1O. The van der Waals surface area contributed by atoms with E-state index in [0.29, 0.717) is 17.9 Å². The van der Waals surface area contributed by atoms with E-state index in [-0.39, 0.29) is 19.6 Å². The number of aliphatic hydroxyl groups excluding tert-OH is 4. The minimum Gasteiger partial charge on any atom is -0.431 e. The van der Waals surface area contributed by atoms with Crippen LogP contribution in [0.25, 0.3) is 0 Å². The summed E-state index contributed by atoms with van der Waals surface area (Å²) in [5.41, 5.74) is 0. The molecule has 0 aromatic heterocycles. The van der Waals surface area contributed by atoms with Gasteiger partial charge >= 0.3 is 12.2 Å². The summed E-state index contributed by atoms with van der Waals surface area (Å²) < 4.78 is 19.3. The number of carbonyl (C=O) groups is 3. The zero-order chi connectivity index (χ0) is 22.7. The molecule has 1 rings (SSSR count). The Morgan fingerprint density at radius 2 is 1.70 bits per heavy atom. The maximum Gasteiger partial charge on any atom is 0.517 e. The second-order valence-electron chi connectivity index (χ2n) is 6.67. The minimum atomic E-state index is -1.93. The van der Waals surface area contributed by atoms with Crippen molar-refractivity contribution in [3.05, 3.63) is 0 Å². The van der Waals surface area contributed by atoms with Crippen molar-refractivity contribution in [1.82, 2.24) is 4.90 Å². The molecule has 4 N–H and O–H groups in total. The molecule has 0 aliphatic carbocycles. The lowest BCUT2D eigenvalue weighted by Crippen LogP contribution is -2.66. The quantitative estimate of drug-likeness (QED) is 0.197. The highest BCUT2D eigenvalue weighted by Gasteiger charge is 2.50. The van der Waals surface area contributed by atoms with Crippen molar-refractivity contribution in [1.29, 1.82) is 0 Å². The van der Waals surface area contributed by atoms with Gasteiger partial charge in [0.25, 0.3) is 0 Å². The number of hydrogen-bond acceptors (Lipinski definition) is 11. The molecule has 1 fully saturated rings. The number of hydrogen-bond donors (Lipinski definition) is 4. The predicted octanol–water partition coefficient (Wildman–Crippen LogP) is -0.495. The number of aliphatic hydroxyl groups is 4. The maximum absolute atomic E-state index is 12.4. The van der Waals surface area contributed by atoms with Crippen LogP contribution in [0.4, 0.5) is 9.59 Å². The number of nitrogens with zero attached hydrogens (tertiary/aromatic N) is 1. The first-order chi connectivity index (χ1) is 14.3. The molecule has 30 heavy (non-hydrogen) atoms. The molecule has 174 valence electrons. The Labute approximate surface area is 174 Å². The van der Waals surface area contributed by atoms with E-state index in [1.165, 1.54) is 0 Å². The lowest BCUT2D eigenvalue weighted by Gasteiger charge is -2.43. The van der Waals surface area contributed by atoms with E-state index in [4.69, 9.17) is 19.3 Å². The second kappa shape index (κ2) is 13.5. The summed E-state index contributed by atoms with van der Waals surface area (Å²) in [4.78, 5) is 36.9. The fraction of sp³-hybridized carbons (Fsp3) is 0.833. The number of rotatable bonds is 10. The van der Waals surface area contributed by atoms with Gasteiger partial charge in [-0.05, 0) is 12.8 Å². The topological polar surface area (TPSA) is 172 Å². The normalized spacial score (nSPS) is 26.1. The number of unbranched alkanes of at least 4 members (excludes halogenated alkanes) is 1. The summed E-state index contributed by atoms with van der Waals surface area (Å²) in [5.74, 6) is -0.875. The molecular formula is C18H31NO11. The van der Waals surface area contributed by atoms with Crippen molar-refractivity contribution in [2.75, 3.05) is 26.4 Å². The van der Waals surface area contributed by atoms with Crippen molar-refractivity contribution >= 4 is 18.2 Å². The largest absolute Gasteiger partial charge is 0.517 e. The van der Waals surface area contributed by atoms with Crippen molar-refractivity contribution in [3.8, 4) is 0 Å². The van der Waals surface area contributed by atoms with Crippen LogP contribution in [-0.4, -0.2) is 101 Å². The smallest absolute Gasteiger partial charge is 0.431 e. The van der Waals surface area contributed by atoms with Gasteiger partial charge in [-0.3, -0.25) is 4.79 Å². The summed E-state index contributed by atoms with van der Waals surface area (Å²) >= 11 is 0.